The van der Waals surface area contributed by atoms with Crippen LogP contribution in [0, 0.1) is 0 Å². The Hall–Kier alpha value is -3.60. The summed E-state index contributed by atoms with van der Waals surface area (Å²) in [5.41, 5.74) is 5.56. The Morgan fingerprint density at radius 2 is 1.42 bits per heavy atom. The zero-order valence-corrected chi connectivity index (χ0v) is 20.6. The van der Waals surface area contributed by atoms with E-state index in [9.17, 15) is 5.11 Å². The summed E-state index contributed by atoms with van der Waals surface area (Å²) >= 11 is 0. The van der Waals surface area contributed by atoms with Gasteiger partial charge in [-0.3, -0.25) is 4.90 Å². The van der Waals surface area contributed by atoms with Crippen molar-refractivity contribution in [3.05, 3.63) is 120 Å². The van der Waals surface area contributed by atoms with Crippen LogP contribution in [0.2, 0.25) is 0 Å². The highest BCUT2D eigenvalue weighted by Gasteiger charge is 2.18. The van der Waals surface area contributed by atoms with Gasteiger partial charge in [-0.2, -0.15) is 0 Å². The summed E-state index contributed by atoms with van der Waals surface area (Å²) in [6, 6.07) is 35.3. The molecule has 0 saturated carbocycles. The third-order valence-electron chi connectivity index (χ3n) is 6.91. The molecule has 1 aliphatic heterocycles. The summed E-state index contributed by atoms with van der Waals surface area (Å²) < 4.78 is 5.84. The number of aromatic hydroxyl groups is 1. The van der Waals surface area contributed by atoms with Crippen LogP contribution in [0.1, 0.15) is 29.5 Å². The van der Waals surface area contributed by atoms with Crippen molar-refractivity contribution in [1.29, 1.82) is 0 Å². The van der Waals surface area contributed by atoms with Crippen molar-refractivity contribution in [2.75, 3.05) is 13.1 Å². The van der Waals surface area contributed by atoms with Crippen molar-refractivity contribution < 1.29 is 9.84 Å². The molecule has 0 spiro atoms. The Balaban J connectivity index is 1.09. The highest BCUT2D eigenvalue weighted by molar-refractivity contribution is 5.71. The van der Waals surface area contributed by atoms with Crippen molar-refractivity contribution in [2.24, 2.45) is 0 Å². The summed E-state index contributed by atoms with van der Waals surface area (Å²) in [4.78, 5) is 2.55. The van der Waals surface area contributed by atoms with Crippen molar-refractivity contribution in [3.63, 3.8) is 0 Å². The number of likely N-dealkylation sites (tertiary alicyclic amines) is 1. The highest BCUT2D eigenvalue weighted by Crippen LogP contribution is 2.33. The predicted octanol–water partition coefficient (Wildman–Crippen LogP) is 6.39. The highest BCUT2D eigenvalue weighted by atomic mass is 16.5. The number of ether oxygens (including phenoxy) is 1. The molecule has 0 atom stereocenters. The van der Waals surface area contributed by atoms with Gasteiger partial charge < -0.3 is 15.2 Å². The Morgan fingerprint density at radius 3 is 2.08 bits per heavy atom. The molecule has 4 aromatic carbocycles. The third kappa shape index (κ3) is 6.54. The van der Waals surface area contributed by atoms with Gasteiger partial charge in [0.15, 0.2) is 0 Å². The van der Waals surface area contributed by atoms with Crippen LogP contribution in [0.5, 0.6) is 11.5 Å². The first-order chi connectivity index (χ1) is 17.7. The largest absolute Gasteiger partial charge is 0.507 e. The maximum Gasteiger partial charge on any atom is 0.127 e. The molecule has 0 bridgehead atoms. The Labute approximate surface area is 214 Å². The number of nitrogens with zero attached hydrogens (tertiary/aromatic N) is 1. The second-order valence-electron chi connectivity index (χ2n) is 9.57. The van der Waals surface area contributed by atoms with E-state index in [0.29, 0.717) is 18.4 Å². The van der Waals surface area contributed by atoms with E-state index in [4.69, 9.17) is 4.74 Å². The van der Waals surface area contributed by atoms with Gasteiger partial charge >= 0.3 is 0 Å². The van der Waals surface area contributed by atoms with E-state index in [-0.39, 0.29) is 5.75 Å². The minimum atomic E-state index is 0.230. The fourth-order valence-corrected chi connectivity index (χ4v) is 4.79. The van der Waals surface area contributed by atoms with Crippen molar-refractivity contribution in [2.45, 2.75) is 38.6 Å². The van der Waals surface area contributed by atoms with Crippen LogP contribution in [0.25, 0.3) is 11.1 Å². The van der Waals surface area contributed by atoms with E-state index in [1.54, 1.807) is 6.07 Å². The van der Waals surface area contributed by atoms with E-state index in [0.717, 1.165) is 42.9 Å². The summed E-state index contributed by atoms with van der Waals surface area (Å²) in [6.07, 6.45) is 2.36. The molecule has 0 aromatic heterocycles. The van der Waals surface area contributed by atoms with Gasteiger partial charge in [0.1, 0.15) is 18.1 Å². The predicted molar refractivity (Wildman–Crippen MR) is 146 cm³/mol. The number of rotatable bonds is 9. The maximum atomic E-state index is 10.6. The Morgan fingerprint density at radius 1 is 0.750 bits per heavy atom. The van der Waals surface area contributed by atoms with Crippen molar-refractivity contribution in [1.82, 2.24) is 10.2 Å². The molecular formula is C32H34N2O2. The first-order valence-corrected chi connectivity index (χ1v) is 12.8. The molecule has 4 heteroatoms. The molecular weight excluding hydrogens is 444 g/mol. The standard InChI is InChI=1S/C32H34N2O2/c35-32-21-30(36-24-27-9-5-2-6-10-27)15-16-31(32)28-13-11-25(12-14-28)22-33-29-17-19-34(20-18-29)23-26-7-3-1-4-8-26/h1-16,21,29,33,35H,17-20,22-24H2. The SMILES string of the molecule is Oc1cc(OCc2ccccc2)ccc1-c1ccc(CNC2CCN(Cc3ccccc3)CC2)cc1. The van der Waals surface area contributed by atoms with Crippen LogP contribution < -0.4 is 10.1 Å². The summed E-state index contributed by atoms with van der Waals surface area (Å²) in [5, 5.41) is 14.3. The van der Waals surface area contributed by atoms with E-state index >= 15 is 0 Å². The summed E-state index contributed by atoms with van der Waals surface area (Å²) in [6.45, 7) is 4.66. The van der Waals surface area contributed by atoms with Gasteiger partial charge in [0, 0.05) is 30.8 Å². The molecule has 184 valence electrons. The Kier molecular flexibility index (Phi) is 7.96. The zero-order valence-electron chi connectivity index (χ0n) is 20.6. The fraction of sp³-hybridized carbons (Fsp3) is 0.250. The second-order valence-corrected chi connectivity index (χ2v) is 9.57. The van der Waals surface area contributed by atoms with Crippen LogP contribution in [0.4, 0.5) is 0 Å². The molecule has 0 radical (unpaired) electrons. The van der Waals surface area contributed by atoms with Crippen molar-refractivity contribution in [3.8, 4) is 22.6 Å². The van der Waals surface area contributed by atoms with Crippen LogP contribution >= 0.6 is 0 Å². The van der Waals surface area contributed by atoms with Crippen LogP contribution in [0.3, 0.4) is 0 Å². The van der Waals surface area contributed by atoms with Gasteiger partial charge in [-0.05, 0) is 60.3 Å². The third-order valence-corrected chi connectivity index (χ3v) is 6.91. The number of phenolic OH excluding ortho intramolecular Hbond substituents is 1. The van der Waals surface area contributed by atoms with Crippen LogP contribution in [0.15, 0.2) is 103 Å². The molecule has 1 heterocycles. The topological polar surface area (TPSA) is 44.7 Å². The van der Waals surface area contributed by atoms with Gasteiger partial charge in [-0.25, -0.2) is 0 Å². The van der Waals surface area contributed by atoms with Crippen LogP contribution in [-0.2, 0) is 19.7 Å². The van der Waals surface area contributed by atoms with Gasteiger partial charge in [0.05, 0.1) is 0 Å². The molecule has 0 aliphatic carbocycles. The number of hydrogen-bond acceptors (Lipinski definition) is 4. The number of benzene rings is 4. The number of piperidine rings is 1. The molecule has 4 nitrogen and oxygen atoms in total. The molecule has 1 saturated heterocycles. The summed E-state index contributed by atoms with van der Waals surface area (Å²) in [5.74, 6) is 0.893. The number of phenols is 1. The molecule has 1 fully saturated rings. The van der Waals surface area contributed by atoms with Gasteiger partial charge in [0.25, 0.3) is 0 Å². The number of hydrogen-bond donors (Lipinski definition) is 2. The molecule has 0 amide bonds. The Bertz CT molecular complexity index is 1220. The lowest BCUT2D eigenvalue weighted by atomic mass is 10.0. The zero-order chi connectivity index (χ0) is 24.6. The maximum absolute atomic E-state index is 10.6. The van der Waals surface area contributed by atoms with Gasteiger partial charge in [0.2, 0.25) is 0 Å². The smallest absolute Gasteiger partial charge is 0.127 e. The quantitative estimate of drug-likeness (QED) is 0.292. The average Bonchev–Trinajstić information content (AvgIpc) is 2.93. The normalized spacial score (nSPS) is 14.6. The first kappa shape index (κ1) is 24.1. The molecule has 5 rings (SSSR count). The lowest BCUT2D eigenvalue weighted by Gasteiger charge is -2.32. The van der Waals surface area contributed by atoms with Crippen molar-refractivity contribution >= 4 is 0 Å². The lowest BCUT2D eigenvalue weighted by molar-refractivity contribution is 0.190. The van der Waals surface area contributed by atoms with Gasteiger partial charge in [-0.1, -0.05) is 84.9 Å². The molecule has 1 aliphatic rings. The molecule has 36 heavy (non-hydrogen) atoms. The van der Waals surface area contributed by atoms with E-state index in [1.165, 1.54) is 24.0 Å². The molecule has 0 unspecified atom stereocenters. The first-order valence-electron chi connectivity index (χ1n) is 12.8. The van der Waals surface area contributed by atoms with E-state index in [1.807, 2.05) is 42.5 Å². The minimum Gasteiger partial charge on any atom is -0.507 e. The minimum absolute atomic E-state index is 0.230. The van der Waals surface area contributed by atoms with E-state index in [2.05, 4.69) is 64.8 Å². The monoisotopic (exact) mass is 478 g/mol. The second kappa shape index (κ2) is 11.9. The van der Waals surface area contributed by atoms with Crippen LogP contribution in [-0.4, -0.2) is 29.1 Å². The average molecular weight is 479 g/mol. The van der Waals surface area contributed by atoms with E-state index < -0.39 is 0 Å². The summed E-state index contributed by atoms with van der Waals surface area (Å²) in [7, 11) is 0. The van der Waals surface area contributed by atoms with Gasteiger partial charge in [-0.15, -0.1) is 0 Å². The number of nitrogens with one attached hydrogen (secondary N) is 1. The molecule has 2 N–H and O–H groups in total. The fourth-order valence-electron chi connectivity index (χ4n) is 4.79. The molecule has 4 aromatic rings. The lowest BCUT2D eigenvalue weighted by Crippen LogP contribution is -2.41.